The number of hydrogen-bond donors (Lipinski definition) is 2. The standard InChI is InChI=1S/C9H18N2O2Si/c1-3-8(12)10-7(5-6-14)11-9(13)4-2/h5-7H,3-4H2,1-2,14H3,(H,10,12)(H,11,13). The number of amides is 2. The Morgan fingerprint density at radius 3 is 1.93 bits per heavy atom. The molecule has 0 aliphatic heterocycles. The van der Waals surface area contributed by atoms with Crippen molar-refractivity contribution in [1.29, 1.82) is 0 Å². The van der Waals surface area contributed by atoms with Crippen LogP contribution in [-0.2, 0) is 9.59 Å². The van der Waals surface area contributed by atoms with Gasteiger partial charge in [0.2, 0.25) is 11.8 Å². The van der Waals surface area contributed by atoms with Gasteiger partial charge in [0.25, 0.3) is 0 Å². The maximum Gasteiger partial charge on any atom is 0.221 e. The molecule has 0 radical (unpaired) electrons. The number of rotatable bonds is 5. The minimum absolute atomic E-state index is 0.0637. The van der Waals surface area contributed by atoms with Gasteiger partial charge in [0, 0.05) is 23.1 Å². The average Bonchev–Trinajstić information content (AvgIpc) is 2.17. The van der Waals surface area contributed by atoms with E-state index in [1.54, 1.807) is 19.9 Å². The summed E-state index contributed by atoms with van der Waals surface area (Å²) in [5.41, 5.74) is 1.93. The predicted octanol–water partition coefficient (Wildman–Crippen LogP) is -0.756. The molecular weight excluding hydrogens is 196 g/mol. The Bertz CT molecular complexity index is 211. The van der Waals surface area contributed by atoms with E-state index in [2.05, 4.69) is 10.6 Å². The minimum Gasteiger partial charge on any atom is -0.333 e. The van der Waals surface area contributed by atoms with Crippen LogP contribution in [0, 0.1) is 0 Å². The SMILES string of the molecule is CCC(=O)NC(C=C[SiH3])NC(=O)CC. The lowest BCUT2D eigenvalue weighted by molar-refractivity contribution is -0.123. The molecule has 2 N–H and O–H groups in total. The van der Waals surface area contributed by atoms with Crippen molar-refractivity contribution in [3.63, 3.8) is 0 Å². The summed E-state index contributed by atoms with van der Waals surface area (Å²) < 4.78 is 0. The highest BCUT2D eigenvalue weighted by Crippen LogP contribution is 1.86. The van der Waals surface area contributed by atoms with Gasteiger partial charge in [0.1, 0.15) is 6.17 Å². The van der Waals surface area contributed by atoms with Crippen molar-refractivity contribution in [2.75, 3.05) is 0 Å². The van der Waals surface area contributed by atoms with Gasteiger partial charge in [-0.25, -0.2) is 0 Å². The minimum atomic E-state index is -0.354. The summed E-state index contributed by atoms with van der Waals surface area (Å²) in [6.07, 6.45) is 2.29. The number of hydrogen-bond acceptors (Lipinski definition) is 2. The maximum absolute atomic E-state index is 11.1. The molecule has 0 saturated carbocycles. The van der Waals surface area contributed by atoms with Crippen LogP contribution < -0.4 is 10.6 Å². The van der Waals surface area contributed by atoms with E-state index < -0.39 is 0 Å². The summed E-state index contributed by atoms with van der Waals surface area (Å²) in [6, 6.07) is 0. The molecule has 0 aromatic rings. The summed E-state index contributed by atoms with van der Waals surface area (Å²) in [6.45, 7) is 3.55. The Kier molecular flexibility index (Phi) is 6.74. The third kappa shape index (κ3) is 5.53. The maximum atomic E-state index is 11.1. The van der Waals surface area contributed by atoms with Gasteiger partial charge in [-0.3, -0.25) is 9.59 Å². The van der Waals surface area contributed by atoms with Crippen molar-refractivity contribution in [3.05, 3.63) is 11.8 Å². The van der Waals surface area contributed by atoms with E-state index in [9.17, 15) is 9.59 Å². The predicted molar refractivity (Wildman–Crippen MR) is 59.7 cm³/mol. The fourth-order valence-corrected chi connectivity index (χ4v) is 1.26. The Hall–Kier alpha value is -1.10. The summed E-state index contributed by atoms with van der Waals surface area (Å²) in [7, 11) is 0.908. The second kappa shape index (κ2) is 7.31. The van der Waals surface area contributed by atoms with Crippen molar-refractivity contribution in [1.82, 2.24) is 10.6 Å². The smallest absolute Gasteiger partial charge is 0.221 e. The van der Waals surface area contributed by atoms with Crippen molar-refractivity contribution in [2.45, 2.75) is 32.9 Å². The highest BCUT2D eigenvalue weighted by atomic mass is 28.1. The fraction of sp³-hybridized carbons (Fsp3) is 0.556. The average molecular weight is 214 g/mol. The Morgan fingerprint density at radius 1 is 1.21 bits per heavy atom. The van der Waals surface area contributed by atoms with Crippen LogP contribution in [0.15, 0.2) is 11.8 Å². The zero-order valence-electron chi connectivity index (χ0n) is 8.96. The zero-order chi connectivity index (χ0) is 11.0. The van der Waals surface area contributed by atoms with Gasteiger partial charge >= 0.3 is 0 Å². The van der Waals surface area contributed by atoms with Crippen LogP contribution in [-0.4, -0.2) is 28.2 Å². The molecule has 5 heteroatoms. The summed E-state index contributed by atoms with van der Waals surface area (Å²) in [4.78, 5) is 22.2. The fourth-order valence-electron chi connectivity index (χ4n) is 0.876. The van der Waals surface area contributed by atoms with Crippen LogP contribution in [0.4, 0.5) is 0 Å². The molecule has 0 rings (SSSR count). The first-order valence-electron chi connectivity index (χ1n) is 4.85. The van der Waals surface area contributed by atoms with Gasteiger partial charge in [-0.1, -0.05) is 19.9 Å². The molecule has 4 nitrogen and oxygen atoms in total. The Balaban J connectivity index is 4.15. The van der Waals surface area contributed by atoms with Crippen molar-refractivity contribution in [2.24, 2.45) is 0 Å². The van der Waals surface area contributed by atoms with Gasteiger partial charge < -0.3 is 10.6 Å². The number of carbonyl (C=O) groups excluding carboxylic acids is 2. The van der Waals surface area contributed by atoms with E-state index in [-0.39, 0.29) is 18.0 Å². The summed E-state index contributed by atoms with van der Waals surface area (Å²) in [5.74, 6) is -0.127. The van der Waals surface area contributed by atoms with Gasteiger partial charge in [0.15, 0.2) is 0 Å². The molecule has 0 saturated heterocycles. The molecule has 0 spiro atoms. The molecule has 0 bridgehead atoms. The van der Waals surface area contributed by atoms with E-state index in [1.165, 1.54) is 0 Å². The number of nitrogens with one attached hydrogen (secondary N) is 2. The molecule has 0 fully saturated rings. The quantitative estimate of drug-likeness (QED) is 0.467. The van der Waals surface area contributed by atoms with E-state index in [0.717, 1.165) is 10.2 Å². The van der Waals surface area contributed by atoms with Crippen molar-refractivity contribution < 1.29 is 9.59 Å². The van der Waals surface area contributed by atoms with E-state index in [4.69, 9.17) is 0 Å². The third-order valence-electron chi connectivity index (χ3n) is 1.66. The van der Waals surface area contributed by atoms with Crippen molar-refractivity contribution in [3.8, 4) is 0 Å². The van der Waals surface area contributed by atoms with E-state index in [1.807, 2.05) is 5.70 Å². The van der Waals surface area contributed by atoms with Crippen LogP contribution >= 0.6 is 0 Å². The highest BCUT2D eigenvalue weighted by Gasteiger charge is 2.08. The third-order valence-corrected chi connectivity index (χ3v) is 2.05. The molecule has 0 aliphatic carbocycles. The van der Waals surface area contributed by atoms with Crippen LogP contribution in [0.3, 0.4) is 0 Å². The summed E-state index contributed by atoms with van der Waals surface area (Å²) >= 11 is 0. The van der Waals surface area contributed by atoms with Crippen LogP contribution in [0.5, 0.6) is 0 Å². The molecule has 0 unspecified atom stereocenters. The zero-order valence-corrected chi connectivity index (χ0v) is 11.0. The lowest BCUT2D eigenvalue weighted by atomic mass is 10.3. The normalized spacial score (nSPS) is 10.8. The second-order valence-corrected chi connectivity index (χ2v) is 3.51. The molecule has 0 aliphatic rings. The Morgan fingerprint density at radius 2 is 1.64 bits per heavy atom. The molecule has 14 heavy (non-hydrogen) atoms. The molecule has 0 aromatic carbocycles. The lowest BCUT2D eigenvalue weighted by Crippen LogP contribution is -2.46. The molecule has 2 amide bonds. The van der Waals surface area contributed by atoms with Gasteiger partial charge in [-0.2, -0.15) is 0 Å². The van der Waals surface area contributed by atoms with Crippen LogP contribution in [0.25, 0.3) is 0 Å². The topological polar surface area (TPSA) is 58.2 Å². The van der Waals surface area contributed by atoms with Crippen LogP contribution in [0.2, 0.25) is 0 Å². The van der Waals surface area contributed by atoms with E-state index in [0.29, 0.717) is 12.8 Å². The first kappa shape index (κ1) is 12.9. The van der Waals surface area contributed by atoms with Gasteiger partial charge in [0.05, 0.1) is 0 Å². The second-order valence-electron chi connectivity index (χ2n) is 2.85. The van der Waals surface area contributed by atoms with Crippen molar-refractivity contribution >= 4 is 22.1 Å². The first-order chi connectivity index (χ1) is 6.63. The molecule has 0 aromatic heterocycles. The first-order valence-corrected chi connectivity index (χ1v) is 6.01. The van der Waals surface area contributed by atoms with Crippen LogP contribution in [0.1, 0.15) is 26.7 Å². The highest BCUT2D eigenvalue weighted by molar-refractivity contribution is 6.17. The monoisotopic (exact) mass is 214 g/mol. The largest absolute Gasteiger partial charge is 0.333 e. The molecule has 0 heterocycles. The van der Waals surface area contributed by atoms with Gasteiger partial charge in [-0.05, 0) is 0 Å². The number of carbonyl (C=O) groups is 2. The molecular formula is C9H18N2O2Si. The summed E-state index contributed by atoms with van der Waals surface area (Å²) in [5, 5.41) is 5.39. The molecule has 80 valence electrons. The Labute approximate surface area is 87.6 Å². The van der Waals surface area contributed by atoms with Gasteiger partial charge in [-0.15, -0.1) is 5.70 Å². The lowest BCUT2D eigenvalue weighted by Gasteiger charge is -2.15. The molecule has 0 atom stereocenters. The van der Waals surface area contributed by atoms with E-state index >= 15 is 0 Å².